The first-order valence-electron chi connectivity index (χ1n) is 6.36. The van der Waals surface area contributed by atoms with Crippen LogP contribution in [0.1, 0.15) is 11.1 Å². The highest BCUT2D eigenvalue weighted by Gasteiger charge is 2.09. The minimum absolute atomic E-state index is 0.125. The topological polar surface area (TPSA) is 27.7 Å². The third kappa shape index (κ3) is 3.88. The van der Waals surface area contributed by atoms with Crippen LogP contribution >= 0.6 is 15.9 Å². The van der Waals surface area contributed by atoms with E-state index in [2.05, 4.69) is 15.9 Å². The van der Waals surface area contributed by atoms with Gasteiger partial charge < -0.3 is 14.2 Å². The summed E-state index contributed by atoms with van der Waals surface area (Å²) >= 11 is 3.39. The highest BCUT2D eigenvalue weighted by molar-refractivity contribution is 9.08. The number of hydrogen-bond donors (Lipinski definition) is 0. The van der Waals surface area contributed by atoms with Gasteiger partial charge in [-0.05, 0) is 29.8 Å². The van der Waals surface area contributed by atoms with E-state index in [1.54, 1.807) is 19.2 Å². The monoisotopic (exact) mass is 354 g/mol. The molecule has 5 heteroatoms. The fourth-order valence-electron chi connectivity index (χ4n) is 1.84. The summed E-state index contributed by atoms with van der Waals surface area (Å²) in [6.07, 6.45) is 0. The largest absolute Gasteiger partial charge is 0.497 e. The Labute approximate surface area is 131 Å². The highest BCUT2D eigenvalue weighted by atomic mass is 79.9. The zero-order valence-electron chi connectivity index (χ0n) is 11.9. The van der Waals surface area contributed by atoms with Crippen molar-refractivity contribution in [3.05, 3.63) is 53.3 Å². The van der Waals surface area contributed by atoms with Crippen LogP contribution < -0.4 is 14.2 Å². The van der Waals surface area contributed by atoms with Gasteiger partial charge in [0.15, 0.2) is 11.5 Å². The fourth-order valence-corrected chi connectivity index (χ4v) is 2.19. The van der Waals surface area contributed by atoms with E-state index >= 15 is 0 Å². The van der Waals surface area contributed by atoms with Crippen molar-refractivity contribution in [2.75, 3.05) is 14.2 Å². The second-order valence-corrected chi connectivity index (χ2v) is 4.93. The molecule has 0 aromatic heterocycles. The molecule has 21 heavy (non-hydrogen) atoms. The van der Waals surface area contributed by atoms with Crippen molar-refractivity contribution in [2.24, 2.45) is 0 Å². The standard InChI is InChI=1S/C16H16BrFO3/c1-19-13-5-4-12(14(18)8-13)10-21-15-6-3-11(9-17)7-16(15)20-2/h3-8H,9-10H2,1-2H3. The zero-order valence-corrected chi connectivity index (χ0v) is 13.4. The van der Waals surface area contributed by atoms with Gasteiger partial charge in [-0.3, -0.25) is 0 Å². The van der Waals surface area contributed by atoms with E-state index in [9.17, 15) is 4.39 Å². The maximum Gasteiger partial charge on any atom is 0.161 e. The van der Waals surface area contributed by atoms with Crippen molar-refractivity contribution >= 4 is 15.9 Å². The molecule has 0 radical (unpaired) electrons. The lowest BCUT2D eigenvalue weighted by Gasteiger charge is -2.12. The van der Waals surface area contributed by atoms with E-state index in [0.29, 0.717) is 22.8 Å². The van der Waals surface area contributed by atoms with Crippen LogP contribution in [0.25, 0.3) is 0 Å². The summed E-state index contributed by atoms with van der Waals surface area (Å²) in [6.45, 7) is 0.125. The first-order valence-corrected chi connectivity index (χ1v) is 7.48. The van der Waals surface area contributed by atoms with E-state index in [-0.39, 0.29) is 12.4 Å². The van der Waals surface area contributed by atoms with Gasteiger partial charge in [0.2, 0.25) is 0 Å². The second kappa shape index (κ2) is 7.31. The van der Waals surface area contributed by atoms with Crippen molar-refractivity contribution in [2.45, 2.75) is 11.9 Å². The number of rotatable bonds is 6. The van der Waals surface area contributed by atoms with Crippen molar-refractivity contribution in [1.82, 2.24) is 0 Å². The fraction of sp³-hybridized carbons (Fsp3) is 0.250. The Morgan fingerprint density at radius 1 is 1.00 bits per heavy atom. The molecule has 0 saturated carbocycles. The number of hydrogen-bond acceptors (Lipinski definition) is 3. The Balaban J connectivity index is 2.12. The van der Waals surface area contributed by atoms with Gasteiger partial charge in [0, 0.05) is 17.0 Å². The maximum atomic E-state index is 13.8. The zero-order chi connectivity index (χ0) is 15.2. The van der Waals surface area contributed by atoms with Crippen molar-refractivity contribution in [3.63, 3.8) is 0 Å². The van der Waals surface area contributed by atoms with E-state index in [1.807, 2.05) is 18.2 Å². The molecule has 2 aromatic carbocycles. The Hall–Kier alpha value is -1.75. The van der Waals surface area contributed by atoms with Crippen molar-refractivity contribution < 1.29 is 18.6 Å². The average Bonchev–Trinajstić information content (AvgIpc) is 2.53. The molecule has 0 N–H and O–H groups in total. The smallest absolute Gasteiger partial charge is 0.161 e. The number of ether oxygens (including phenoxy) is 3. The summed E-state index contributed by atoms with van der Waals surface area (Å²) in [5.41, 5.74) is 1.54. The van der Waals surface area contributed by atoms with Crippen molar-refractivity contribution in [1.29, 1.82) is 0 Å². The Morgan fingerprint density at radius 2 is 1.81 bits per heavy atom. The SMILES string of the molecule is COc1ccc(COc2ccc(CBr)cc2OC)c(F)c1. The number of methoxy groups -OCH3 is 2. The summed E-state index contributed by atoms with van der Waals surface area (Å²) in [5, 5.41) is 0.733. The molecule has 2 aromatic rings. The number of halogens is 2. The molecule has 0 atom stereocenters. The molecule has 0 spiro atoms. The lowest BCUT2D eigenvalue weighted by atomic mass is 10.2. The minimum Gasteiger partial charge on any atom is -0.497 e. The van der Waals surface area contributed by atoms with Gasteiger partial charge in [-0.1, -0.05) is 22.0 Å². The molecule has 0 saturated heterocycles. The number of alkyl halides is 1. The molecule has 0 aliphatic rings. The highest BCUT2D eigenvalue weighted by Crippen LogP contribution is 2.30. The average molecular weight is 355 g/mol. The molecule has 3 nitrogen and oxygen atoms in total. The molecule has 0 aliphatic heterocycles. The van der Waals surface area contributed by atoms with Crippen LogP contribution in [0.3, 0.4) is 0 Å². The summed E-state index contributed by atoms with van der Waals surface area (Å²) < 4.78 is 29.7. The summed E-state index contributed by atoms with van der Waals surface area (Å²) in [6, 6.07) is 10.3. The van der Waals surface area contributed by atoms with E-state index < -0.39 is 0 Å². The molecule has 0 unspecified atom stereocenters. The van der Waals surface area contributed by atoms with Crippen molar-refractivity contribution in [3.8, 4) is 17.2 Å². The Bertz CT molecular complexity index is 616. The van der Waals surface area contributed by atoms with Gasteiger partial charge in [-0.25, -0.2) is 4.39 Å². The molecular formula is C16H16BrFO3. The van der Waals surface area contributed by atoms with Crippen LogP contribution in [0.5, 0.6) is 17.2 Å². The molecule has 2 rings (SSSR count). The third-order valence-electron chi connectivity index (χ3n) is 3.03. The van der Waals surface area contributed by atoms with Gasteiger partial charge in [-0.15, -0.1) is 0 Å². The van der Waals surface area contributed by atoms with Crippen LogP contribution in [-0.2, 0) is 11.9 Å². The first kappa shape index (κ1) is 15.6. The Kier molecular flexibility index (Phi) is 5.44. The summed E-state index contributed by atoms with van der Waals surface area (Å²) in [5.74, 6) is 1.33. The quantitative estimate of drug-likeness (QED) is 0.723. The van der Waals surface area contributed by atoms with E-state index in [4.69, 9.17) is 14.2 Å². The summed E-state index contributed by atoms with van der Waals surface area (Å²) in [7, 11) is 3.08. The molecule has 0 bridgehead atoms. The molecule has 112 valence electrons. The lowest BCUT2D eigenvalue weighted by Crippen LogP contribution is -2.01. The predicted octanol–water partition coefficient (Wildman–Crippen LogP) is 4.32. The van der Waals surface area contributed by atoms with Crippen LogP contribution in [0, 0.1) is 5.82 Å². The molecular weight excluding hydrogens is 339 g/mol. The number of benzene rings is 2. The van der Waals surface area contributed by atoms with Crippen LogP contribution in [-0.4, -0.2) is 14.2 Å². The van der Waals surface area contributed by atoms with Gasteiger partial charge in [0.1, 0.15) is 18.2 Å². The Morgan fingerprint density at radius 3 is 2.43 bits per heavy atom. The summed E-state index contributed by atoms with van der Waals surface area (Å²) in [4.78, 5) is 0. The predicted molar refractivity (Wildman–Crippen MR) is 82.9 cm³/mol. The minimum atomic E-state index is -0.356. The van der Waals surface area contributed by atoms with Crippen LogP contribution in [0.15, 0.2) is 36.4 Å². The lowest BCUT2D eigenvalue weighted by molar-refractivity contribution is 0.279. The molecule has 0 fully saturated rings. The van der Waals surface area contributed by atoms with E-state index in [0.717, 1.165) is 10.9 Å². The third-order valence-corrected chi connectivity index (χ3v) is 3.67. The van der Waals surface area contributed by atoms with E-state index in [1.165, 1.54) is 13.2 Å². The molecule has 0 heterocycles. The molecule has 0 aliphatic carbocycles. The van der Waals surface area contributed by atoms with Gasteiger partial charge >= 0.3 is 0 Å². The maximum absolute atomic E-state index is 13.8. The second-order valence-electron chi connectivity index (χ2n) is 4.36. The van der Waals surface area contributed by atoms with Crippen LogP contribution in [0.4, 0.5) is 4.39 Å². The first-order chi connectivity index (χ1) is 10.2. The normalized spacial score (nSPS) is 10.3. The van der Waals surface area contributed by atoms with Gasteiger partial charge in [0.05, 0.1) is 14.2 Å². The van der Waals surface area contributed by atoms with Gasteiger partial charge in [0.25, 0.3) is 0 Å². The molecule has 0 amide bonds. The van der Waals surface area contributed by atoms with Gasteiger partial charge in [-0.2, -0.15) is 0 Å². The van der Waals surface area contributed by atoms with Crippen LogP contribution in [0.2, 0.25) is 0 Å².